The summed E-state index contributed by atoms with van der Waals surface area (Å²) in [5.41, 5.74) is 2.08. The van der Waals surface area contributed by atoms with Crippen LogP contribution in [0, 0.1) is 0 Å². The summed E-state index contributed by atoms with van der Waals surface area (Å²) in [5.74, 6) is 0.119. The van der Waals surface area contributed by atoms with Gasteiger partial charge in [-0.1, -0.05) is 0 Å². The largest absolute Gasteiger partial charge is 0.464 e. The second kappa shape index (κ2) is 4.05. The van der Waals surface area contributed by atoms with Gasteiger partial charge < -0.3 is 15.0 Å². The van der Waals surface area contributed by atoms with Crippen molar-refractivity contribution in [3.8, 4) is 0 Å². The maximum atomic E-state index is 11.6. The Labute approximate surface area is 93.6 Å². The molecule has 86 valence electrons. The molecule has 0 saturated heterocycles. The number of aromatic nitrogens is 2. The summed E-state index contributed by atoms with van der Waals surface area (Å²) in [5, 5.41) is 3.14. The zero-order valence-electron chi connectivity index (χ0n) is 9.57. The molecular weight excluding hydrogens is 208 g/mol. The lowest BCUT2D eigenvalue weighted by molar-refractivity contribution is 0.0592. The monoisotopic (exact) mass is 222 g/mol. The molecule has 0 aliphatic carbocycles. The minimum Gasteiger partial charge on any atom is -0.464 e. The summed E-state index contributed by atoms with van der Waals surface area (Å²) >= 11 is 0. The Kier molecular flexibility index (Phi) is 2.74. The van der Waals surface area contributed by atoms with Gasteiger partial charge in [0.05, 0.1) is 12.8 Å². The van der Waals surface area contributed by atoms with E-state index in [4.69, 9.17) is 4.74 Å². The Bertz CT molecular complexity index is 431. The normalized spacial score (nSPS) is 13.4. The second-order valence-corrected chi connectivity index (χ2v) is 3.79. The fourth-order valence-corrected chi connectivity index (χ4v) is 1.62. The fourth-order valence-electron chi connectivity index (χ4n) is 1.62. The van der Waals surface area contributed by atoms with Crippen LogP contribution in [0.4, 0.5) is 5.95 Å². The minimum absolute atomic E-state index is 0.362. The van der Waals surface area contributed by atoms with Crippen molar-refractivity contribution in [2.75, 3.05) is 26.1 Å². The maximum Gasteiger partial charge on any atom is 0.357 e. The van der Waals surface area contributed by atoms with Gasteiger partial charge in [0.2, 0.25) is 5.95 Å². The molecule has 2 rings (SSSR count). The van der Waals surface area contributed by atoms with E-state index in [2.05, 4.69) is 15.3 Å². The van der Waals surface area contributed by atoms with Gasteiger partial charge in [0.15, 0.2) is 5.69 Å². The number of hydrogen-bond donors (Lipinski definition) is 1. The quantitative estimate of drug-likeness (QED) is 0.707. The molecule has 0 fully saturated rings. The highest BCUT2D eigenvalue weighted by atomic mass is 16.5. The predicted octanol–water partition coefficient (Wildman–Crippen LogP) is -0.0676. The Morgan fingerprint density at radius 3 is 2.75 bits per heavy atom. The molecule has 1 aliphatic heterocycles. The van der Waals surface area contributed by atoms with E-state index in [1.807, 2.05) is 14.1 Å². The van der Waals surface area contributed by atoms with Crippen LogP contribution in [0.3, 0.4) is 0 Å². The zero-order chi connectivity index (χ0) is 11.7. The highest BCUT2D eigenvalue weighted by Gasteiger charge is 2.24. The lowest BCUT2D eigenvalue weighted by atomic mass is 10.2. The maximum absolute atomic E-state index is 11.6. The molecule has 6 heteroatoms. The predicted molar refractivity (Wildman–Crippen MR) is 58.2 cm³/mol. The Morgan fingerprint density at radius 2 is 2.12 bits per heavy atom. The first-order valence-electron chi connectivity index (χ1n) is 4.99. The number of nitrogens with zero attached hydrogens (tertiary/aromatic N) is 3. The number of methoxy groups -OCH3 is 1. The van der Waals surface area contributed by atoms with Gasteiger partial charge in [0, 0.05) is 32.7 Å². The van der Waals surface area contributed by atoms with Crippen molar-refractivity contribution in [1.82, 2.24) is 15.3 Å². The van der Waals surface area contributed by atoms with Gasteiger partial charge in [0.25, 0.3) is 0 Å². The molecule has 6 nitrogen and oxygen atoms in total. The van der Waals surface area contributed by atoms with E-state index in [1.165, 1.54) is 7.11 Å². The number of nitrogens with one attached hydrogen (secondary N) is 1. The first kappa shape index (κ1) is 10.8. The van der Waals surface area contributed by atoms with Crippen LogP contribution >= 0.6 is 0 Å². The van der Waals surface area contributed by atoms with Crippen LogP contribution in [0.15, 0.2) is 0 Å². The third-order valence-corrected chi connectivity index (χ3v) is 2.45. The molecule has 1 aromatic heterocycles. The lowest BCUT2D eigenvalue weighted by Gasteiger charge is -2.13. The van der Waals surface area contributed by atoms with Crippen molar-refractivity contribution >= 4 is 11.9 Å². The molecule has 0 amide bonds. The number of anilines is 1. The number of esters is 1. The number of carbonyl (C=O) groups excluding carboxylic acids is 1. The molecule has 0 atom stereocenters. The average Bonchev–Trinajstić information content (AvgIpc) is 2.74. The van der Waals surface area contributed by atoms with Gasteiger partial charge in [0.1, 0.15) is 0 Å². The number of rotatable bonds is 2. The molecular formula is C10H14N4O2. The van der Waals surface area contributed by atoms with Gasteiger partial charge in [-0.25, -0.2) is 14.8 Å². The van der Waals surface area contributed by atoms with Gasteiger partial charge in [-0.3, -0.25) is 0 Å². The first-order chi connectivity index (χ1) is 7.63. The molecule has 2 heterocycles. The zero-order valence-corrected chi connectivity index (χ0v) is 9.57. The van der Waals surface area contributed by atoms with Crippen molar-refractivity contribution in [2.45, 2.75) is 13.1 Å². The second-order valence-electron chi connectivity index (χ2n) is 3.79. The summed E-state index contributed by atoms with van der Waals surface area (Å²) in [6, 6.07) is 0. The SMILES string of the molecule is COC(=O)c1nc(N(C)C)nc2c1CNC2. The summed E-state index contributed by atoms with van der Waals surface area (Å²) < 4.78 is 4.72. The topological polar surface area (TPSA) is 67.3 Å². The third kappa shape index (κ3) is 1.71. The van der Waals surface area contributed by atoms with E-state index in [-0.39, 0.29) is 0 Å². The van der Waals surface area contributed by atoms with Gasteiger partial charge >= 0.3 is 5.97 Å². The Balaban J connectivity index is 2.53. The highest BCUT2D eigenvalue weighted by molar-refractivity contribution is 5.89. The first-order valence-corrected chi connectivity index (χ1v) is 4.99. The summed E-state index contributed by atoms with van der Waals surface area (Å²) in [6.07, 6.45) is 0. The van der Waals surface area contributed by atoms with E-state index >= 15 is 0 Å². The lowest BCUT2D eigenvalue weighted by Crippen LogP contribution is -2.18. The smallest absolute Gasteiger partial charge is 0.357 e. The molecule has 0 aromatic carbocycles. The number of fused-ring (bicyclic) bond motifs is 1. The molecule has 1 N–H and O–H groups in total. The summed E-state index contributed by atoms with van der Waals surface area (Å²) in [6.45, 7) is 1.29. The van der Waals surface area contributed by atoms with E-state index in [0.29, 0.717) is 24.7 Å². The van der Waals surface area contributed by atoms with Crippen molar-refractivity contribution in [2.24, 2.45) is 0 Å². The van der Waals surface area contributed by atoms with Crippen LogP contribution in [0.1, 0.15) is 21.7 Å². The van der Waals surface area contributed by atoms with E-state index < -0.39 is 5.97 Å². The molecule has 0 bridgehead atoms. The Morgan fingerprint density at radius 1 is 1.38 bits per heavy atom. The highest BCUT2D eigenvalue weighted by Crippen LogP contribution is 2.20. The molecule has 0 spiro atoms. The van der Waals surface area contributed by atoms with Crippen LogP contribution in [-0.2, 0) is 17.8 Å². The van der Waals surface area contributed by atoms with Crippen LogP contribution in [0.2, 0.25) is 0 Å². The van der Waals surface area contributed by atoms with Gasteiger partial charge in [-0.2, -0.15) is 0 Å². The summed E-state index contributed by atoms with van der Waals surface area (Å²) in [4.78, 5) is 21.9. The van der Waals surface area contributed by atoms with Crippen LogP contribution in [0.25, 0.3) is 0 Å². The number of ether oxygens (including phenoxy) is 1. The molecule has 1 aliphatic rings. The minimum atomic E-state index is -0.412. The van der Waals surface area contributed by atoms with E-state index in [9.17, 15) is 4.79 Å². The van der Waals surface area contributed by atoms with Crippen molar-refractivity contribution in [1.29, 1.82) is 0 Å². The van der Waals surface area contributed by atoms with Gasteiger partial charge in [-0.05, 0) is 0 Å². The Hall–Kier alpha value is -1.69. The molecule has 0 unspecified atom stereocenters. The molecule has 0 radical (unpaired) electrons. The van der Waals surface area contributed by atoms with E-state index in [0.717, 1.165) is 11.3 Å². The standard InChI is InChI=1S/C10H14N4O2/c1-14(2)10-12-7-5-11-4-6(7)8(13-10)9(15)16-3/h11H,4-5H2,1-3H3. The molecule has 0 saturated carbocycles. The molecule has 1 aromatic rings. The summed E-state index contributed by atoms with van der Waals surface area (Å²) in [7, 11) is 5.03. The van der Waals surface area contributed by atoms with Crippen molar-refractivity contribution in [3.63, 3.8) is 0 Å². The van der Waals surface area contributed by atoms with Crippen LogP contribution < -0.4 is 10.2 Å². The average molecular weight is 222 g/mol. The fraction of sp³-hybridized carbons (Fsp3) is 0.500. The van der Waals surface area contributed by atoms with Crippen molar-refractivity contribution in [3.05, 3.63) is 17.0 Å². The van der Waals surface area contributed by atoms with Gasteiger partial charge in [-0.15, -0.1) is 0 Å². The van der Waals surface area contributed by atoms with Crippen molar-refractivity contribution < 1.29 is 9.53 Å². The van der Waals surface area contributed by atoms with Crippen LogP contribution in [0.5, 0.6) is 0 Å². The van der Waals surface area contributed by atoms with Crippen LogP contribution in [-0.4, -0.2) is 37.1 Å². The number of hydrogen-bond acceptors (Lipinski definition) is 6. The van der Waals surface area contributed by atoms with E-state index in [1.54, 1.807) is 4.90 Å². The molecule has 16 heavy (non-hydrogen) atoms. The third-order valence-electron chi connectivity index (χ3n) is 2.45. The number of carbonyl (C=O) groups is 1.